The second-order valence-electron chi connectivity index (χ2n) is 6.17. The number of allylic oxidation sites excluding steroid dienone is 1. The molecule has 3 aromatic rings. The largest absolute Gasteiger partial charge is 0.493 e. The van der Waals surface area contributed by atoms with Crippen molar-refractivity contribution in [2.45, 2.75) is 20.4 Å². The first-order valence-electron chi connectivity index (χ1n) is 8.51. The van der Waals surface area contributed by atoms with E-state index in [2.05, 4.69) is 37.6 Å². The average molecular weight is 382 g/mol. The minimum absolute atomic E-state index is 0.325. The maximum Gasteiger partial charge on any atom is 0.279 e. The molecule has 1 amide bonds. The van der Waals surface area contributed by atoms with Gasteiger partial charge in [-0.15, -0.1) is 6.58 Å². The summed E-state index contributed by atoms with van der Waals surface area (Å²) in [5.41, 5.74) is 3.92. The summed E-state index contributed by atoms with van der Waals surface area (Å²) in [5.74, 6) is 0.748. The number of carbonyl (C=O) groups is 1. The van der Waals surface area contributed by atoms with Crippen LogP contribution in [0.4, 0.5) is 0 Å². The van der Waals surface area contributed by atoms with E-state index in [0.29, 0.717) is 28.4 Å². The summed E-state index contributed by atoms with van der Waals surface area (Å²) in [6.45, 7) is 8.57. The molecule has 6 heteroatoms. The zero-order valence-electron chi connectivity index (χ0n) is 15.9. The highest BCUT2D eigenvalue weighted by Crippen LogP contribution is 2.28. The van der Waals surface area contributed by atoms with Crippen LogP contribution in [0, 0.1) is 13.8 Å². The standard InChI is InChI=1S/C21H22N2O3S/c1-6-9-23-16-10-13(2)14(3)11-19(16)27-21(23)22-20(24)15-7-8-17(25-4)18(12-15)26-5/h6-8,10-12H,1,9H2,2-5H3. The molecule has 0 aliphatic carbocycles. The van der Waals surface area contributed by atoms with Gasteiger partial charge in [-0.1, -0.05) is 17.4 Å². The second-order valence-corrected chi connectivity index (χ2v) is 7.18. The summed E-state index contributed by atoms with van der Waals surface area (Å²) in [6.07, 6.45) is 1.81. The number of aryl methyl sites for hydroxylation is 2. The number of amides is 1. The number of rotatable bonds is 5. The van der Waals surface area contributed by atoms with Crippen molar-refractivity contribution in [2.75, 3.05) is 14.2 Å². The topological polar surface area (TPSA) is 52.8 Å². The molecular weight excluding hydrogens is 360 g/mol. The molecule has 5 nitrogen and oxygen atoms in total. The van der Waals surface area contributed by atoms with Crippen LogP contribution in [-0.4, -0.2) is 24.7 Å². The number of benzene rings is 2. The van der Waals surface area contributed by atoms with E-state index in [1.54, 1.807) is 31.4 Å². The summed E-state index contributed by atoms with van der Waals surface area (Å²) in [5, 5.41) is 0. The summed E-state index contributed by atoms with van der Waals surface area (Å²) in [4.78, 5) is 17.8. The highest BCUT2D eigenvalue weighted by Gasteiger charge is 2.12. The molecule has 27 heavy (non-hydrogen) atoms. The molecule has 0 aliphatic heterocycles. The van der Waals surface area contributed by atoms with Crippen molar-refractivity contribution in [2.24, 2.45) is 4.99 Å². The van der Waals surface area contributed by atoms with Gasteiger partial charge < -0.3 is 14.0 Å². The molecule has 0 atom stereocenters. The lowest BCUT2D eigenvalue weighted by Gasteiger charge is -2.07. The Morgan fingerprint density at radius 3 is 2.52 bits per heavy atom. The highest BCUT2D eigenvalue weighted by molar-refractivity contribution is 7.16. The van der Waals surface area contributed by atoms with Crippen LogP contribution in [0.5, 0.6) is 11.5 Å². The van der Waals surface area contributed by atoms with E-state index in [9.17, 15) is 4.79 Å². The van der Waals surface area contributed by atoms with E-state index >= 15 is 0 Å². The van der Waals surface area contributed by atoms with E-state index in [0.717, 1.165) is 10.2 Å². The first-order chi connectivity index (χ1) is 13.0. The van der Waals surface area contributed by atoms with Crippen LogP contribution in [0.2, 0.25) is 0 Å². The maximum atomic E-state index is 12.8. The van der Waals surface area contributed by atoms with E-state index in [1.807, 2.05) is 4.57 Å². The fraction of sp³-hybridized carbons (Fsp3) is 0.238. The van der Waals surface area contributed by atoms with Crippen LogP contribution >= 0.6 is 11.3 Å². The Morgan fingerprint density at radius 2 is 1.85 bits per heavy atom. The quantitative estimate of drug-likeness (QED) is 0.620. The lowest BCUT2D eigenvalue weighted by atomic mass is 10.1. The van der Waals surface area contributed by atoms with Crippen molar-refractivity contribution in [3.63, 3.8) is 0 Å². The number of thiazole rings is 1. The third-order valence-corrected chi connectivity index (χ3v) is 5.48. The number of aromatic nitrogens is 1. The lowest BCUT2D eigenvalue weighted by molar-refractivity contribution is 0.0997. The van der Waals surface area contributed by atoms with Crippen LogP contribution in [0.3, 0.4) is 0 Å². The molecule has 0 N–H and O–H groups in total. The van der Waals surface area contributed by atoms with Crippen LogP contribution in [0.25, 0.3) is 10.2 Å². The van der Waals surface area contributed by atoms with Gasteiger partial charge in [-0.2, -0.15) is 4.99 Å². The monoisotopic (exact) mass is 382 g/mol. The van der Waals surface area contributed by atoms with Crippen LogP contribution < -0.4 is 14.3 Å². The summed E-state index contributed by atoms with van der Waals surface area (Å²) in [7, 11) is 3.10. The smallest absolute Gasteiger partial charge is 0.279 e. The van der Waals surface area contributed by atoms with Gasteiger partial charge >= 0.3 is 0 Å². The normalized spacial score (nSPS) is 11.6. The molecule has 1 aromatic heterocycles. The molecule has 0 saturated carbocycles. The number of carbonyl (C=O) groups excluding carboxylic acids is 1. The Balaban J connectivity index is 2.13. The Labute approximate surface area is 162 Å². The fourth-order valence-corrected chi connectivity index (χ4v) is 3.95. The van der Waals surface area contributed by atoms with E-state index in [-0.39, 0.29) is 5.91 Å². The third kappa shape index (κ3) is 3.66. The Kier molecular flexibility index (Phi) is 5.46. The molecule has 0 radical (unpaired) electrons. The highest BCUT2D eigenvalue weighted by atomic mass is 32.1. The molecule has 0 unspecified atom stereocenters. The molecule has 0 bridgehead atoms. The minimum Gasteiger partial charge on any atom is -0.493 e. The Hall–Kier alpha value is -2.86. The third-order valence-electron chi connectivity index (χ3n) is 4.44. The van der Waals surface area contributed by atoms with Gasteiger partial charge in [0.05, 0.1) is 24.4 Å². The molecule has 0 fully saturated rings. The fourth-order valence-electron chi connectivity index (χ4n) is 2.83. The van der Waals surface area contributed by atoms with Crippen molar-refractivity contribution in [3.05, 3.63) is 64.5 Å². The SMILES string of the molecule is C=CCn1c(=NC(=O)c2ccc(OC)c(OC)c2)sc2cc(C)c(C)cc21. The first-order valence-corrected chi connectivity index (χ1v) is 9.32. The van der Waals surface area contributed by atoms with Gasteiger partial charge in [0.1, 0.15) is 0 Å². The lowest BCUT2D eigenvalue weighted by Crippen LogP contribution is -2.16. The van der Waals surface area contributed by atoms with Crippen molar-refractivity contribution in [3.8, 4) is 11.5 Å². The van der Waals surface area contributed by atoms with Gasteiger partial charge in [0.2, 0.25) is 0 Å². The predicted octanol–water partition coefficient (Wildman–Crippen LogP) is 4.26. The van der Waals surface area contributed by atoms with Crippen LogP contribution in [0.15, 0.2) is 48.0 Å². The maximum absolute atomic E-state index is 12.8. The summed E-state index contributed by atoms with van der Waals surface area (Å²) < 4.78 is 13.6. The van der Waals surface area contributed by atoms with E-state index in [4.69, 9.17) is 9.47 Å². The number of fused-ring (bicyclic) bond motifs is 1. The molecule has 3 rings (SSSR count). The second kappa shape index (κ2) is 7.80. The van der Waals surface area contributed by atoms with E-state index in [1.165, 1.54) is 29.6 Å². The summed E-state index contributed by atoms with van der Waals surface area (Å²) in [6, 6.07) is 9.30. The number of methoxy groups -OCH3 is 2. The van der Waals surface area contributed by atoms with Gasteiger partial charge in [0.15, 0.2) is 16.3 Å². The van der Waals surface area contributed by atoms with Crippen molar-refractivity contribution < 1.29 is 14.3 Å². The van der Waals surface area contributed by atoms with Crippen LogP contribution in [-0.2, 0) is 6.54 Å². The Bertz CT molecular complexity index is 1090. The van der Waals surface area contributed by atoms with Gasteiger partial charge in [-0.05, 0) is 55.3 Å². The van der Waals surface area contributed by atoms with Crippen LogP contribution in [0.1, 0.15) is 21.5 Å². The zero-order chi connectivity index (χ0) is 19.6. The number of hydrogen-bond acceptors (Lipinski definition) is 4. The van der Waals surface area contributed by atoms with Gasteiger partial charge in [-0.3, -0.25) is 4.79 Å². The van der Waals surface area contributed by atoms with Gasteiger partial charge in [-0.25, -0.2) is 0 Å². The predicted molar refractivity (Wildman–Crippen MR) is 109 cm³/mol. The van der Waals surface area contributed by atoms with Gasteiger partial charge in [0, 0.05) is 12.1 Å². The number of nitrogens with zero attached hydrogens (tertiary/aromatic N) is 2. The van der Waals surface area contributed by atoms with Gasteiger partial charge in [0.25, 0.3) is 5.91 Å². The number of ether oxygens (including phenoxy) is 2. The Morgan fingerprint density at radius 1 is 1.15 bits per heavy atom. The summed E-state index contributed by atoms with van der Waals surface area (Å²) >= 11 is 1.50. The van der Waals surface area contributed by atoms with Crippen molar-refractivity contribution in [1.29, 1.82) is 0 Å². The average Bonchev–Trinajstić information content (AvgIpc) is 2.98. The minimum atomic E-state index is -0.325. The molecule has 0 saturated heterocycles. The molecule has 2 aromatic carbocycles. The molecular formula is C21H22N2O3S. The molecule has 1 heterocycles. The first kappa shape index (κ1) is 18.9. The molecule has 0 spiro atoms. The van der Waals surface area contributed by atoms with Crippen molar-refractivity contribution in [1.82, 2.24) is 4.57 Å². The van der Waals surface area contributed by atoms with Crippen molar-refractivity contribution >= 4 is 27.5 Å². The zero-order valence-corrected chi connectivity index (χ0v) is 16.7. The number of hydrogen-bond donors (Lipinski definition) is 0. The molecule has 140 valence electrons. The van der Waals surface area contributed by atoms with E-state index < -0.39 is 0 Å². The molecule has 0 aliphatic rings.